The average Bonchev–Trinajstić information content (AvgIpc) is 2.41. The molecule has 1 atom stereocenters. The highest BCUT2D eigenvalue weighted by atomic mass is 32.2. The molecule has 106 valence electrons. The standard InChI is InChI=1S/C13H25NO3S/c15-8-3-10-18-11-7-14-13(16)6-5-12-4-1-2-9-17-12/h12,15H,1-11H2,(H,14,16). The number of carbonyl (C=O) groups excluding carboxylic acids is 1. The number of hydrogen-bond acceptors (Lipinski definition) is 4. The van der Waals surface area contributed by atoms with Crippen molar-refractivity contribution in [3.05, 3.63) is 0 Å². The van der Waals surface area contributed by atoms with Crippen molar-refractivity contribution in [2.24, 2.45) is 0 Å². The van der Waals surface area contributed by atoms with Gasteiger partial charge in [-0.1, -0.05) is 0 Å². The molecule has 0 aromatic carbocycles. The SMILES string of the molecule is O=C(CCC1CCCCO1)NCCSCCCO. The lowest BCUT2D eigenvalue weighted by Crippen LogP contribution is -2.28. The Bertz CT molecular complexity index is 220. The predicted molar refractivity (Wildman–Crippen MR) is 74.9 cm³/mol. The van der Waals surface area contributed by atoms with Gasteiger partial charge in [0.15, 0.2) is 0 Å². The monoisotopic (exact) mass is 275 g/mol. The number of amides is 1. The summed E-state index contributed by atoms with van der Waals surface area (Å²) in [6, 6.07) is 0. The van der Waals surface area contributed by atoms with Gasteiger partial charge < -0.3 is 15.2 Å². The van der Waals surface area contributed by atoms with E-state index >= 15 is 0 Å². The number of aliphatic hydroxyl groups is 1. The van der Waals surface area contributed by atoms with Crippen molar-refractivity contribution in [1.29, 1.82) is 0 Å². The maximum atomic E-state index is 11.6. The molecule has 2 N–H and O–H groups in total. The van der Waals surface area contributed by atoms with Gasteiger partial charge in [-0.05, 0) is 37.9 Å². The summed E-state index contributed by atoms with van der Waals surface area (Å²) >= 11 is 1.77. The molecule has 0 aromatic rings. The van der Waals surface area contributed by atoms with Crippen LogP contribution in [0.25, 0.3) is 0 Å². The van der Waals surface area contributed by atoms with E-state index in [4.69, 9.17) is 9.84 Å². The molecule has 1 aliphatic rings. The quantitative estimate of drug-likeness (QED) is 0.627. The number of aliphatic hydroxyl groups excluding tert-OH is 1. The Hall–Kier alpha value is -0.260. The molecule has 0 radical (unpaired) electrons. The first kappa shape index (κ1) is 15.8. The van der Waals surface area contributed by atoms with Gasteiger partial charge in [-0.25, -0.2) is 0 Å². The van der Waals surface area contributed by atoms with Crippen LogP contribution in [0, 0.1) is 0 Å². The minimum atomic E-state index is 0.131. The van der Waals surface area contributed by atoms with Gasteiger partial charge >= 0.3 is 0 Å². The molecule has 1 aliphatic heterocycles. The maximum absolute atomic E-state index is 11.6. The first-order chi connectivity index (χ1) is 8.83. The third-order valence-corrected chi connectivity index (χ3v) is 4.05. The lowest BCUT2D eigenvalue weighted by molar-refractivity contribution is -0.122. The Labute approximate surface area is 114 Å². The topological polar surface area (TPSA) is 58.6 Å². The van der Waals surface area contributed by atoms with E-state index in [0.717, 1.165) is 50.3 Å². The fourth-order valence-electron chi connectivity index (χ4n) is 1.95. The molecule has 0 spiro atoms. The van der Waals surface area contributed by atoms with Crippen LogP contribution in [0.3, 0.4) is 0 Å². The van der Waals surface area contributed by atoms with Crippen LogP contribution in [0.5, 0.6) is 0 Å². The zero-order valence-electron chi connectivity index (χ0n) is 11.0. The number of nitrogens with one attached hydrogen (secondary N) is 1. The van der Waals surface area contributed by atoms with E-state index in [1.54, 1.807) is 11.8 Å². The molecule has 5 heteroatoms. The molecular weight excluding hydrogens is 250 g/mol. The molecule has 1 unspecified atom stereocenters. The first-order valence-corrected chi connectivity index (χ1v) is 8.05. The third-order valence-electron chi connectivity index (χ3n) is 2.98. The van der Waals surface area contributed by atoms with E-state index < -0.39 is 0 Å². The highest BCUT2D eigenvalue weighted by molar-refractivity contribution is 7.99. The van der Waals surface area contributed by atoms with Crippen LogP contribution in [0.4, 0.5) is 0 Å². The van der Waals surface area contributed by atoms with Crippen molar-refractivity contribution in [2.75, 3.05) is 31.3 Å². The van der Waals surface area contributed by atoms with Crippen LogP contribution < -0.4 is 5.32 Å². The summed E-state index contributed by atoms with van der Waals surface area (Å²) in [5.41, 5.74) is 0. The minimum Gasteiger partial charge on any atom is -0.396 e. The Morgan fingerprint density at radius 2 is 2.28 bits per heavy atom. The molecule has 1 rings (SSSR count). The first-order valence-electron chi connectivity index (χ1n) is 6.90. The molecular formula is C13H25NO3S. The summed E-state index contributed by atoms with van der Waals surface area (Å²) < 4.78 is 5.59. The van der Waals surface area contributed by atoms with E-state index in [2.05, 4.69) is 5.32 Å². The minimum absolute atomic E-state index is 0.131. The Morgan fingerprint density at radius 1 is 1.39 bits per heavy atom. The lowest BCUT2D eigenvalue weighted by Gasteiger charge is -2.22. The van der Waals surface area contributed by atoms with Crippen LogP contribution >= 0.6 is 11.8 Å². The molecule has 1 saturated heterocycles. The molecule has 1 heterocycles. The molecule has 0 aromatic heterocycles. The van der Waals surface area contributed by atoms with Crippen LogP contribution in [-0.4, -0.2) is 48.4 Å². The summed E-state index contributed by atoms with van der Waals surface area (Å²) in [6.07, 6.45) is 6.04. The summed E-state index contributed by atoms with van der Waals surface area (Å²) in [4.78, 5) is 11.6. The van der Waals surface area contributed by atoms with E-state index in [0.29, 0.717) is 12.5 Å². The highest BCUT2D eigenvalue weighted by Gasteiger charge is 2.14. The predicted octanol–water partition coefficient (Wildman–Crippen LogP) is 1.57. The largest absolute Gasteiger partial charge is 0.396 e. The molecule has 0 saturated carbocycles. The van der Waals surface area contributed by atoms with Crippen molar-refractivity contribution in [3.8, 4) is 0 Å². The average molecular weight is 275 g/mol. The van der Waals surface area contributed by atoms with Gasteiger partial charge in [-0.2, -0.15) is 11.8 Å². The Morgan fingerprint density at radius 3 is 3.00 bits per heavy atom. The zero-order valence-corrected chi connectivity index (χ0v) is 11.8. The van der Waals surface area contributed by atoms with Crippen LogP contribution in [0.15, 0.2) is 0 Å². The van der Waals surface area contributed by atoms with Gasteiger partial charge in [0.05, 0.1) is 6.10 Å². The summed E-state index contributed by atoms with van der Waals surface area (Å²) in [7, 11) is 0. The normalized spacial score (nSPS) is 19.7. The molecule has 4 nitrogen and oxygen atoms in total. The second kappa shape index (κ2) is 10.6. The summed E-state index contributed by atoms with van der Waals surface area (Å²) in [5, 5.41) is 11.5. The molecule has 1 fully saturated rings. The van der Waals surface area contributed by atoms with Gasteiger partial charge in [0.1, 0.15) is 0 Å². The fourth-order valence-corrected chi connectivity index (χ4v) is 2.73. The van der Waals surface area contributed by atoms with Crippen LogP contribution in [0.1, 0.15) is 38.5 Å². The van der Waals surface area contributed by atoms with E-state index in [9.17, 15) is 4.79 Å². The number of rotatable bonds is 9. The molecule has 0 aliphatic carbocycles. The number of hydrogen-bond donors (Lipinski definition) is 2. The van der Waals surface area contributed by atoms with E-state index in [1.165, 1.54) is 6.42 Å². The van der Waals surface area contributed by atoms with E-state index in [-0.39, 0.29) is 12.5 Å². The Balaban J connectivity index is 1.90. The number of ether oxygens (including phenoxy) is 1. The molecule has 1 amide bonds. The zero-order chi connectivity index (χ0) is 13.1. The maximum Gasteiger partial charge on any atom is 0.220 e. The van der Waals surface area contributed by atoms with E-state index in [1.807, 2.05) is 0 Å². The van der Waals surface area contributed by atoms with Crippen molar-refractivity contribution in [3.63, 3.8) is 0 Å². The second-order valence-corrected chi connectivity index (χ2v) is 5.79. The van der Waals surface area contributed by atoms with Gasteiger partial charge in [0.2, 0.25) is 5.91 Å². The second-order valence-electron chi connectivity index (χ2n) is 4.57. The third kappa shape index (κ3) is 7.95. The summed E-state index contributed by atoms with van der Waals surface area (Å²) in [6.45, 7) is 1.83. The summed E-state index contributed by atoms with van der Waals surface area (Å²) in [5.74, 6) is 2.01. The lowest BCUT2D eigenvalue weighted by atomic mass is 10.0. The van der Waals surface area contributed by atoms with Crippen molar-refractivity contribution >= 4 is 17.7 Å². The molecule has 18 heavy (non-hydrogen) atoms. The van der Waals surface area contributed by atoms with Crippen molar-refractivity contribution in [2.45, 2.75) is 44.6 Å². The smallest absolute Gasteiger partial charge is 0.220 e. The van der Waals surface area contributed by atoms with Gasteiger partial charge in [-0.3, -0.25) is 4.79 Å². The highest BCUT2D eigenvalue weighted by Crippen LogP contribution is 2.16. The van der Waals surface area contributed by atoms with Gasteiger partial charge in [0.25, 0.3) is 0 Å². The fraction of sp³-hybridized carbons (Fsp3) is 0.923. The number of carbonyl (C=O) groups is 1. The van der Waals surface area contributed by atoms with Crippen molar-refractivity contribution < 1.29 is 14.6 Å². The van der Waals surface area contributed by atoms with Crippen LogP contribution in [0.2, 0.25) is 0 Å². The Kier molecular flexibility index (Phi) is 9.34. The van der Waals surface area contributed by atoms with Gasteiger partial charge in [0, 0.05) is 31.9 Å². The van der Waals surface area contributed by atoms with Crippen LogP contribution in [-0.2, 0) is 9.53 Å². The number of thioether (sulfide) groups is 1. The van der Waals surface area contributed by atoms with Gasteiger partial charge in [-0.15, -0.1) is 0 Å². The van der Waals surface area contributed by atoms with Crippen molar-refractivity contribution in [1.82, 2.24) is 5.32 Å². The molecule has 0 bridgehead atoms.